The van der Waals surface area contributed by atoms with E-state index in [0.717, 1.165) is 51.3 Å². The summed E-state index contributed by atoms with van der Waals surface area (Å²) in [4.78, 5) is 0. The highest BCUT2D eigenvalue weighted by molar-refractivity contribution is 14.1. The molecule has 0 saturated carbocycles. The molecular formula is C42H28I2O2. The van der Waals surface area contributed by atoms with E-state index >= 15 is 0 Å². The Morgan fingerprint density at radius 2 is 0.696 bits per heavy atom. The van der Waals surface area contributed by atoms with Gasteiger partial charge in [0.25, 0.3) is 0 Å². The van der Waals surface area contributed by atoms with Crippen molar-refractivity contribution in [3.8, 4) is 22.3 Å². The largest absolute Gasteiger partial charge is 0.376 e. The maximum Gasteiger partial charge on any atom is 0.142 e. The molecule has 0 aromatic heterocycles. The van der Waals surface area contributed by atoms with Crippen LogP contribution in [-0.2, 0) is 11.2 Å². The molecular weight excluding hydrogens is 790 g/mol. The molecule has 0 radical (unpaired) electrons. The summed E-state index contributed by atoms with van der Waals surface area (Å²) in [5.41, 5.74) is 4.79. The lowest BCUT2D eigenvalue weighted by molar-refractivity contribution is 0.0759. The van der Waals surface area contributed by atoms with E-state index in [9.17, 15) is 10.2 Å². The van der Waals surface area contributed by atoms with Gasteiger partial charge < -0.3 is 10.2 Å². The summed E-state index contributed by atoms with van der Waals surface area (Å²) in [6.45, 7) is 0. The minimum atomic E-state index is -1.59. The Morgan fingerprint density at radius 1 is 0.370 bits per heavy atom. The van der Waals surface area contributed by atoms with E-state index in [-0.39, 0.29) is 0 Å². The molecule has 0 amide bonds. The summed E-state index contributed by atoms with van der Waals surface area (Å²) >= 11 is 4.61. The zero-order chi connectivity index (χ0) is 31.5. The molecule has 2 N–H and O–H groups in total. The highest BCUT2D eigenvalue weighted by Gasteiger charge is 2.54. The standard InChI is InChI=1S/C42H28I2O2/c43-31-23-19-29(20-24-31)41(45)35-17-9-10-18-36(35)42(46,30-21-25-32(44)26-22-30)40-38(28-13-5-2-6-14-28)34-16-8-7-15-33(34)37(39(40)41)27-11-3-1-4-12-27/h1-26,45-46H. The molecule has 0 spiro atoms. The molecule has 46 heavy (non-hydrogen) atoms. The van der Waals surface area contributed by atoms with Gasteiger partial charge in [-0.2, -0.15) is 0 Å². The van der Waals surface area contributed by atoms with E-state index in [2.05, 4.69) is 93.7 Å². The van der Waals surface area contributed by atoms with Crippen LogP contribution in [0.4, 0.5) is 0 Å². The van der Waals surface area contributed by atoms with Crippen LogP contribution in [0.2, 0.25) is 0 Å². The van der Waals surface area contributed by atoms with Crippen molar-refractivity contribution in [1.82, 2.24) is 0 Å². The number of benzene rings is 7. The smallest absolute Gasteiger partial charge is 0.142 e. The monoisotopic (exact) mass is 818 g/mol. The summed E-state index contributed by atoms with van der Waals surface area (Å²) in [5.74, 6) is 0. The Kier molecular flexibility index (Phi) is 7.36. The van der Waals surface area contributed by atoms with Crippen LogP contribution in [0.15, 0.2) is 158 Å². The van der Waals surface area contributed by atoms with Crippen LogP contribution in [-0.4, -0.2) is 10.2 Å². The van der Waals surface area contributed by atoms with Crippen molar-refractivity contribution < 1.29 is 10.2 Å². The molecule has 4 heteroatoms. The van der Waals surface area contributed by atoms with Gasteiger partial charge in [-0.1, -0.05) is 133 Å². The average molecular weight is 818 g/mol. The van der Waals surface area contributed by atoms with Crippen LogP contribution in [0.1, 0.15) is 33.4 Å². The Labute approximate surface area is 295 Å². The molecule has 7 aromatic rings. The first-order valence-corrected chi connectivity index (χ1v) is 17.4. The summed E-state index contributed by atoms with van der Waals surface area (Å²) in [6, 6.07) is 53.0. The molecule has 2 unspecified atom stereocenters. The molecule has 8 rings (SSSR count). The van der Waals surface area contributed by atoms with Gasteiger partial charge in [0.1, 0.15) is 11.2 Å². The average Bonchev–Trinajstić information content (AvgIpc) is 3.11. The fraction of sp³-hybridized carbons (Fsp3) is 0.0476. The lowest BCUT2D eigenvalue weighted by Gasteiger charge is -2.47. The zero-order valence-corrected chi connectivity index (χ0v) is 29.0. The fourth-order valence-corrected chi connectivity index (χ4v) is 8.06. The Hall–Kier alpha value is -3.82. The first kappa shape index (κ1) is 29.6. The van der Waals surface area contributed by atoms with E-state index in [4.69, 9.17) is 0 Å². The molecule has 0 bridgehead atoms. The van der Waals surface area contributed by atoms with Gasteiger partial charge in [0.15, 0.2) is 0 Å². The minimum Gasteiger partial charge on any atom is -0.376 e. The molecule has 7 aromatic carbocycles. The number of hydrogen-bond acceptors (Lipinski definition) is 2. The van der Waals surface area contributed by atoms with E-state index in [1.807, 2.05) is 109 Å². The van der Waals surface area contributed by atoms with Crippen molar-refractivity contribution in [2.45, 2.75) is 11.2 Å². The number of aliphatic hydroxyl groups is 2. The molecule has 2 atom stereocenters. The molecule has 2 nitrogen and oxygen atoms in total. The third-order valence-corrected chi connectivity index (χ3v) is 10.7. The van der Waals surface area contributed by atoms with Crippen molar-refractivity contribution in [2.24, 2.45) is 0 Å². The maximum atomic E-state index is 13.7. The predicted octanol–water partition coefficient (Wildman–Crippen LogP) is 10.3. The predicted molar refractivity (Wildman–Crippen MR) is 204 cm³/mol. The number of fused-ring (bicyclic) bond motifs is 3. The normalized spacial score (nSPS) is 18.6. The van der Waals surface area contributed by atoms with E-state index in [1.54, 1.807) is 0 Å². The first-order valence-electron chi connectivity index (χ1n) is 15.2. The lowest BCUT2D eigenvalue weighted by atomic mass is 9.59. The van der Waals surface area contributed by atoms with Gasteiger partial charge in [-0.25, -0.2) is 0 Å². The van der Waals surface area contributed by atoms with Crippen molar-refractivity contribution >= 4 is 56.0 Å². The van der Waals surface area contributed by atoms with Crippen LogP contribution in [0.25, 0.3) is 33.0 Å². The topological polar surface area (TPSA) is 40.5 Å². The number of rotatable bonds is 4. The minimum absolute atomic E-state index is 0.663. The van der Waals surface area contributed by atoms with Gasteiger partial charge in [-0.3, -0.25) is 0 Å². The van der Waals surface area contributed by atoms with Gasteiger partial charge in [-0.15, -0.1) is 0 Å². The Bertz CT molecular complexity index is 2070. The second-order valence-electron chi connectivity index (χ2n) is 11.8. The summed E-state index contributed by atoms with van der Waals surface area (Å²) in [5, 5.41) is 29.5. The molecule has 0 saturated heterocycles. The third-order valence-electron chi connectivity index (χ3n) is 9.29. The van der Waals surface area contributed by atoms with Crippen LogP contribution in [0.5, 0.6) is 0 Å². The summed E-state index contributed by atoms with van der Waals surface area (Å²) < 4.78 is 2.16. The lowest BCUT2D eigenvalue weighted by Crippen LogP contribution is -2.45. The van der Waals surface area contributed by atoms with Crippen molar-refractivity contribution in [2.75, 3.05) is 0 Å². The highest BCUT2D eigenvalue weighted by atomic mass is 127. The van der Waals surface area contributed by atoms with Crippen molar-refractivity contribution in [3.05, 3.63) is 198 Å². The van der Waals surface area contributed by atoms with E-state index in [1.165, 1.54) is 0 Å². The second kappa shape index (κ2) is 11.5. The SMILES string of the molecule is OC1(c2ccc(I)cc2)c2ccccc2C(O)(c2ccc(I)cc2)c2c1c(-c1ccccc1)c1ccccc1c2-c1ccccc1. The maximum absolute atomic E-state index is 13.7. The van der Waals surface area contributed by atoms with Crippen LogP contribution < -0.4 is 0 Å². The van der Waals surface area contributed by atoms with Crippen LogP contribution in [0.3, 0.4) is 0 Å². The summed E-state index contributed by atoms with van der Waals surface area (Å²) in [7, 11) is 0. The first-order chi connectivity index (χ1) is 22.4. The molecule has 0 heterocycles. The quantitative estimate of drug-likeness (QED) is 0.174. The molecule has 222 valence electrons. The van der Waals surface area contributed by atoms with Gasteiger partial charge in [-0.05, 0) is 125 Å². The van der Waals surface area contributed by atoms with E-state index < -0.39 is 11.2 Å². The van der Waals surface area contributed by atoms with E-state index in [0.29, 0.717) is 22.3 Å². The second-order valence-corrected chi connectivity index (χ2v) is 14.2. The zero-order valence-electron chi connectivity index (χ0n) is 24.7. The number of hydrogen-bond donors (Lipinski definition) is 2. The molecule has 0 aliphatic heterocycles. The van der Waals surface area contributed by atoms with Crippen LogP contribution >= 0.6 is 45.2 Å². The molecule has 0 fully saturated rings. The van der Waals surface area contributed by atoms with Gasteiger partial charge in [0.2, 0.25) is 0 Å². The van der Waals surface area contributed by atoms with Crippen LogP contribution in [0, 0.1) is 7.14 Å². The Morgan fingerprint density at radius 3 is 1.07 bits per heavy atom. The third kappa shape index (κ3) is 4.42. The van der Waals surface area contributed by atoms with Gasteiger partial charge in [0.05, 0.1) is 0 Å². The van der Waals surface area contributed by atoms with Crippen molar-refractivity contribution in [3.63, 3.8) is 0 Å². The fourth-order valence-electron chi connectivity index (χ4n) is 7.34. The van der Waals surface area contributed by atoms with Gasteiger partial charge >= 0.3 is 0 Å². The highest BCUT2D eigenvalue weighted by Crippen LogP contribution is 2.60. The number of halogens is 2. The molecule has 1 aliphatic rings. The van der Waals surface area contributed by atoms with Gasteiger partial charge in [0, 0.05) is 18.3 Å². The molecule has 1 aliphatic carbocycles. The van der Waals surface area contributed by atoms with Crippen molar-refractivity contribution in [1.29, 1.82) is 0 Å². The summed E-state index contributed by atoms with van der Waals surface area (Å²) in [6.07, 6.45) is 0. The Balaban J connectivity index is 1.69.